The molecule has 0 aliphatic carbocycles. The minimum atomic E-state index is 0.355. The van der Waals surface area contributed by atoms with Gasteiger partial charge >= 0.3 is 0 Å². The Morgan fingerprint density at radius 1 is 1.27 bits per heavy atom. The average Bonchev–Trinajstić information content (AvgIpc) is 1.91. The Hall–Kier alpha value is -0.660. The van der Waals surface area contributed by atoms with Crippen LogP contribution in [-0.4, -0.2) is 18.1 Å². The van der Waals surface area contributed by atoms with Gasteiger partial charge in [-0.2, -0.15) is 0 Å². The van der Waals surface area contributed by atoms with Crippen molar-refractivity contribution in [2.75, 3.05) is 0 Å². The second-order valence-electron chi connectivity index (χ2n) is 2.16. The van der Waals surface area contributed by atoms with Crippen molar-refractivity contribution in [2.45, 2.75) is 47.6 Å². The fourth-order valence-corrected chi connectivity index (χ4v) is 0.594. The Balaban J connectivity index is 0. The zero-order valence-electron chi connectivity index (χ0n) is 8.55. The fourth-order valence-electron chi connectivity index (χ4n) is 0.594. The van der Waals surface area contributed by atoms with E-state index in [0.29, 0.717) is 6.04 Å². The minimum Gasteiger partial charge on any atom is -0.268 e. The van der Waals surface area contributed by atoms with Crippen LogP contribution in [0.2, 0.25) is 0 Å². The Morgan fingerprint density at radius 3 is 2.00 bits per heavy atom. The van der Waals surface area contributed by atoms with Crippen molar-refractivity contribution in [1.82, 2.24) is 0 Å². The van der Waals surface area contributed by atoms with Gasteiger partial charge in [-0.15, -0.1) is 0 Å². The van der Waals surface area contributed by atoms with Crippen molar-refractivity contribution in [2.24, 2.45) is 9.98 Å². The third kappa shape index (κ3) is 12.5. The molecule has 0 unspecified atom stereocenters. The van der Waals surface area contributed by atoms with E-state index in [0.717, 1.165) is 5.84 Å². The Morgan fingerprint density at radius 2 is 1.73 bits per heavy atom. The Bertz CT molecular complexity index is 124. The number of rotatable bonds is 1. The molecule has 0 aliphatic rings. The second kappa shape index (κ2) is 9.34. The quantitative estimate of drug-likeness (QED) is 0.412. The first-order valence-electron chi connectivity index (χ1n) is 4.20. The molecule has 11 heavy (non-hydrogen) atoms. The number of aliphatic imine (C=N–C) groups is 2. The zero-order valence-corrected chi connectivity index (χ0v) is 8.55. The maximum Gasteiger partial charge on any atom is 0.119 e. The van der Waals surface area contributed by atoms with Gasteiger partial charge < -0.3 is 0 Å². The topological polar surface area (TPSA) is 24.7 Å². The Labute approximate surface area is 70.5 Å². The van der Waals surface area contributed by atoms with E-state index >= 15 is 0 Å². The lowest BCUT2D eigenvalue weighted by molar-refractivity contribution is 0.833. The van der Waals surface area contributed by atoms with Crippen LogP contribution in [0, 0.1) is 0 Å². The summed E-state index contributed by atoms with van der Waals surface area (Å²) in [5, 5.41) is 0. The van der Waals surface area contributed by atoms with E-state index in [2.05, 4.69) is 9.98 Å². The van der Waals surface area contributed by atoms with Gasteiger partial charge in [0.1, 0.15) is 5.84 Å². The van der Waals surface area contributed by atoms with Crippen LogP contribution in [0.15, 0.2) is 9.98 Å². The fraction of sp³-hybridized carbons (Fsp3) is 0.778. The molecule has 2 heteroatoms. The monoisotopic (exact) mass is 156 g/mol. The molecule has 66 valence electrons. The molecule has 0 fully saturated rings. The number of amidine groups is 1. The predicted octanol–water partition coefficient (Wildman–Crippen LogP) is 2.93. The van der Waals surface area contributed by atoms with Crippen molar-refractivity contribution in [3.63, 3.8) is 0 Å². The van der Waals surface area contributed by atoms with Crippen molar-refractivity contribution in [1.29, 1.82) is 0 Å². The van der Waals surface area contributed by atoms with Crippen molar-refractivity contribution >= 4 is 12.1 Å². The smallest absolute Gasteiger partial charge is 0.119 e. The van der Waals surface area contributed by atoms with Gasteiger partial charge in [0.25, 0.3) is 0 Å². The molecule has 0 aromatic carbocycles. The van der Waals surface area contributed by atoms with E-state index in [4.69, 9.17) is 0 Å². The molecule has 0 aromatic heterocycles. The molecule has 0 saturated heterocycles. The summed E-state index contributed by atoms with van der Waals surface area (Å²) in [7, 11) is 0. The lowest BCUT2D eigenvalue weighted by Crippen LogP contribution is -1.94. The van der Waals surface area contributed by atoms with Crippen LogP contribution in [0.4, 0.5) is 0 Å². The molecular weight excluding hydrogens is 136 g/mol. The molecule has 0 atom stereocenters. The molecule has 0 spiro atoms. The van der Waals surface area contributed by atoms with Crippen LogP contribution in [0.5, 0.6) is 0 Å². The van der Waals surface area contributed by atoms with Crippen LogP contribution in [0.25, 0.3) is 0 Å². The van der Waals surface area contributed by atoms with E-state index < -0.39 is 0 Å². The van der Waals surface area contributed by atoms with E-state index in [9.17, 15) is 0 Å². The van der Waals surface area contributed by atoms with Gasteiger partial charge in [-0.1, -0.05) is 13.8 Å². The molecular formula is C9H20N2. The zero-order chi connectivity index (χ0) is 9.28. The van der Waals surface area contributed by atoms with E-state index in [-0.39, 0.29) is 0 Å². The first kappa shape index (κ1) is 13.0. The Kier molecular flexibility index (Phi) is 11.0. The summed E-state index contributed by atoms with van der Waals surface area (Å²) in [6, 6.07) is 0.355. The normalized spacial score (nSPS) is 11.7. The maximum absolute atomic E-state index is 4.19. The first-order chi connectivity index (χ1) is 5.16. The summed E-state index contributed by atoms with van der Waals surface area (Å²) < 4.78 is 0. The summed E-state index contributed by atoms with van der Waals surface area (Å²) in [5.74, 6) is 0.854. The molecule has 0 aliphatic heterocycles. The third-order valence-electron chi connectivity index (χ3n) is 0.761. The van der Waals surface area contributed by atoms with Crippen molar-refractivity contribution < 1.29 is 0 Å². The number of hydrogen-bond acceptors (Lipinski definition) is 1. The molecule has 0 heterocycles. The molecule has 0 N–H and O–H groups in total. The van der Waals surface area contributed by atoms with Gasteiger partial charge in [0, 0.05) is 12.3 Å². The number of hydrogen-bond donors (Lipinski definition) is 0. The first-order valence-corrected chi connectivity index (χ1v) is 4.20. The largest absolute Gasteiger partial charge is 0.268 e. The van der Waals surface area contributed by atoms with Gasteiger partial charge in [-0.25, -0.2) is 4.99 Å². The van der Waals surface area contributed by atoms with Gasteiger partial charge in [0.05, 0.1) is 0 Å². The standard InChI is InChI=1S/C7H14N2.C2H6/c1-5-8-7(4)9-6(2)3;1-2/h5-6H,1-4H3;1-2H3. The van der Waals surface area contributed by atoms with Crippen LogP contribution in [0.3, 0.4) is 0 Å². The van der Waals surface area contributed by atoms with E-state index in [1.165, 1.54) is 0 Å². The summed E-state index contributed by atoms with van der Waals surface area (Å²) >= 11 is 0. The van der Waals surface area contributed by atoms with Gasteiger partial charge in [0.2, 0.25) is 0 Å². The highest BCUT2D eigenvalue weighted by molar-refractivity contribution is 5.87. The SMILES string of the molecule is CC.CC=NC(C)=NC(C)C. The maximum atomic E-state index is 4.19. The highest BCUT2D eigenvalue weighted by Crippen LogP contribution is 1.87. The van der Waals surface area contributed by atoms with Gasteiger partial charge in [-0.3, -0.25) is 4.99 Å². The molecule has 0 radical (unpaired) electrons. The highest BCUT2D eigenvalue weighted by atomic mass is 14.9. The van der Waals surface area contributed by atoms with Crippen LogP contribution >= 0.6 is 0 Å². The second-order valence-corrected chi connectivity index (χ2v) is 2.16. The van der Waals surface area contributed by atoms with Gasteiger partial charge in [-0.05, 0) is 27.7 Å². The van der Waals surface area contributed by atoms with Crippen molar-refractivity contribution in [3.8, 4) is 0 Å². The average molecular weight is 156 g/mol. The molecule has 0 bridgehead atoms. The van der Waals surface area contributed by atoms with Crippen molar-refractivity contribution in [3.05, 3.63) is 0 Å². The third-order valence-corrected chi connectivity index (χ3v) is 0.761. The van der Waals surface area contributed by atoms with E-state index in [1.54, 1.807) is 6.21 Å². The molecule has 0 rings (SSSR count). The molecule has 0 amide bonds. The van der Waals surface area contributed by atoms with Crippen LogP contribution in [-0.2, 0) is 0 Å². The molecule has 0 saturated carbocycles. The van der Waals surface area contributed by atoms with Crippen LogP contribution < -0.4 is 0 Å². The summed E-state index contributed by atoms with van der Waals surface area (Å²) in [6.45, 7) is 11.9. The minimum absolute atomic E-state index is 0.355. The highest BCUT2D eigenvalue weighted by Gasteiger charge is 1.86. The lowest BCUT2D eigenvalue weighted by atomic mass is 10.4. The summed E-state index contributed by atoms with van der Waals surface area (Å²) in [5.41, 5.74) is 0. The molecule has 0 aromatic rings. The van der Waals surface area contributed by atoms with Gasteiger partial charge in [0.15, 0.2) is 0 Å². The summed E-state index contributed by atoms with van der Waals surface area (Å²) in [6.07, 6.45) is 1.75. The lowest BCUT2D eigenvalue weighted by Gasteiger charge is -1.95. The predicted molar refractivity (Wildman–Crippen MR) is 53.8 cm³/mol. The molecule has 2 nitrogen and oxygen atoms in total. The van der Waals surface area contributed by atoms with Crippen LogP contribution in [0.1, 0.15) is 41.5 Å². The summed E-state index contributed by atoms with van der Waals surface area (Å²) in [4.78, 5) is 8.18. The number of nitrogens with zero attached hydrogens (tertiary/aromatic N) is 2. The van der Waals surface area contributed by atoms with E-state index in [1.807, 2.05) is 41.5 Å².